The van der Waals surface area contributed by atoms with Gasteiger partial charge in [0.2, 0.25) is 0 Å². The first-order chi connectivity index (χ1) is 11.9. The molecule has 5 nitrogen and oxygen atoms in total. The van der Waals surface area contributed by atoms with E-state index in [0.29, 0.717) is 13.1 Å². The molecule has 0 spiro atoms. The Labute approximate surface area is 145 Å². The van der Waals surface area contributed by atoms with Crippen molar-refractivity contribution >= 4 is 6.03 Å². The second-order valence-corrected chi connectivity index (χ2v) is 6.32. The second kappa shape index (κ2) is 9.05. The number of carbonyl (C=O) groups excluding carboxylic acids is 1. The third-order valence-corrected chi connectivity index (χ3v) is 4.41. The highest BCUT2D eigenvalue weighted by molar-refractivity contribution is 5.73. The summed E-state index contributed by atoms with van der Waals surface area (Å²) in [5, 5.41) is 4.93. The van der Waals surface area contributed by atoms with Gasteiger partial charge in [-0.15, -0.1) is 0 Å². The number of nitrogens with one attached hydrogen (secondary N) is 2. The number of hydrogen-bond acceptors (Lipinski definition) is 3. The highest BCUT2D eigenvalue weighted by Crippen LogP contribution is 2.34. The fourth-order valence-corrected chi connectivity index (χ4v) is 2.87. The van der Waals surface area contributed by atoms with E-state index in [0.717, 1.165) is 25.9 Å². The van der Waals surface area contributed by atoms with Crippen LogP contribution < -0.4 is 16.4 Å². The summed E-state index contributed by atoms with van der Waals surface area (Å²) in [6.45, 7) is 2.34. The van der Waals surface area contributed by atoms with Gasteiger partial charge in [0.1, 0.15) is 0 Å². The largest absolute Gasteiger partial charge is 0.397 e. The van der Waals surface area contributed by atoms with E-state index in [1.807, 2.05) is 0 Å². The average Bonchev–Trinajstić information content (AvgIpc) is 2.56. The highest BCUT2D eigenvalue weighted by atomic mass is 19.4. The molecule has 1 aromatic carbocycles. The highest BCUT2D eigenvalue weighted by Gasteiger charge is 2.40. The lowest BCUT2D eigenvalue weighted by Crippen LogP contribution is -2.45. The van der Waals surface area contributed by atoms with Gasteiger partial charge in [0.15, 0.2) is 0 Å². The molecule has 1 saturated heterocycles. The van der Waals surface area contributed by atoms with Crippen molar-refractivity contribution in [1.29, 1.82) is 0 Å². The first kappa shape index (κ1) is 19.5. The molecule has 1 aromatic rings. The summed E-state index contributed by atoms with van der Waals surface area (Å²) in [5.74, 6) is -1.72. The van der Waals surface area contributed by atoms with Crippen LogP contribution in [-0.4, -0.2) is 55.9 Å². The first-order valence-corrected chi connectivity index (χ1v) is 8.47. The van der Waals surface area contributed by atoms with Gasteiger partial charge in [-0.25, -0.2) is 4.79 Å². The molecule has 0 saturated carbocycles. The van der Waals surface area contributed by atoms with Crippen LogP contribution in [0.5, 0.6) is 0 Å². The van der Waals surface area contributed by atoms with Crippen molar-refractivity contribution < 1.29 is 18.0 Å². The minimum absolute atomic E-state index is 0.139. The number of nitrogens with two attached hydrogens (primary N) is 1. The number of rotatable bonds is 6. The zero-order chi connectivity index (χ0) is 18.3. The smallest absolute Gasteiger partial charge is 0.337 e. The maximum Gasteiger partial charge on any atom is 0.397 e. The number of likely N-dealkylation sites (tertiary alicyclic amines) is 1. The Morgan fingerprint density at radius 1 is 1.20 bits per heavy atom. The number of halogens is 3. The number of alkyl halides is 3. The third kappa shape index (κ3) is 6.55. The van der Waals surface area contributed by atoms with Crippen LogP contribution in [0.2, 0.25) is 0 Å². The molecule has 25 heavy (non-hydrogen) atoms. The van der Waals surface area contributed by atoms with Gasteiger partial charge in [-0.3, -0.25) is 0 Å². The molecule has 1 atom stereocenters. The van der Waals surface area contributed by atoms with E-state index in [1.54, 1.807) is 18.2 Å². The lowest BCUT2D eigenvalue weighted by atomic mass is 9.98. The molecule has 0 radical (unpaired) electrons. The molecule has 4 N–H and O–H groups in total. The average molecular weight is 358 g/mol. The minimum Gasteiger partial charge on any atom is -0.337 e. The zero-order valence-electron chi connectivity index (χ0n) is 14.1. The van der Waals surface area contributed by atoms with Crippen LogP contribution in [0.15, 0.2) is 30.3 Å². The van der Waals surface area contributed by atoms with Gasteiger partial charge in [0, 0.05) is 25.7 Å². The fraction of sp³-hybridized carbons (Fsp3) is 0.588. The molecule has 1 heterocycles. The quantitative estimate of drug-likeness (QED) is 0.729. The summed E-state index contributed by atoms with van der Waals surface area (Å²) >= 11 is 0. The Balaban J connectivity index is 1.74. The normalized spacial score (nSPS) is 17.9. The molecule has 8 heteroatoms. The maximum atomic E-state index is 13.2. The van der Waals surface area contributed by atoms with Crippen LogP contribution in [0.25, 0.3) is 0 Å². The van der Waals surface area contributed by atoms with Crippen molar-refractivity contribution in [3.8, 4) is 0 Å². The SMILES string of the molecule is NC1CCN(CCNC(=O)NCC(c2ccccc2)C(F)(F)F)CC1. The molecule has 140 valence electrons. The van der Waals surface area contributed by atoms with Crippen LogP contribution in [0.3, 0.4) is 0 Å². The van der Waals surface area contributed by atoms with Gasteiger partial charge in [0.25, 0.3) is 0 Å². The van der Waals surface area contributed by atoms with Crippen LogP contribution in [0.1, 0.15) is 24.3 Å². The van der Waals surface area contributed by atoms with Gasteiger partial charge in [-0.05, 0) is 31.5 Å². The molecule has 1 unspecified atom stereocenters. The molecular weight excluding hydrogens is 333 g/mol. The predicted molar refractivity (Wildman–Crippen MR) is 90.3 cm³/mol. The summed E-state index contributed by atoms with van der Waals surface area (Å²) in [7, 11) is 0. The molecule has 1 fully saturated rings. The van der Waals surface area contributed by atoms with Crippen molar-refractivity contribution in [2.45, 2.75) is 31.0 Å². The van der Waals surface area contributed by atoms with E-state index >= 15 is 0 Å². The molecule has 0 aliphatic carbocycles. The second-order valence-electron chi connectivity index (χ2n) is 6.32. The van der Waals surface area contributed by atoms with Crippen LogP contribution in [0.4, 0.5) is 18.0 Å². The van der Waals surface area contributed by atoms with E-state index in [-0.39, 0.29) is 11.6 Å². The van der Waals surface area contributed by atoms with E-state index in [2.05, 4.69) is 15.5 Å². The Kier molecular flexibility index (Phi) is 7.07. The zero-order valence-corrected chi connectivity index (χ0v) is 14.1. The van der Waals surface area contributed by atoms with Gasteiger partial charge in [-0.1, -0.05) is 30.3 Å². The molecule has 1 aliphatic heterocycles. The van der Waals surface area contributed by atoms with Gasteiger partial charge >= 0.3 is 12.2 Å². The Morgan fingerprint density at radius 2 is 1.84 bits per heavy atom. The Bertz CT molecular complexity index is 530. The van der Waals surface area contributed by atoms with Crippen molar-refractivity contribution in [1.82, 2.24) is 15.5 Å². The van der Waals surface area contributed by atoms with Crippen molar-refractivity contribution in [3.05, 3.63) is 35.9 Å². The number of hydrogen-bond donors (Lipinski definition) is 3. The number of urea groups is 1. The molecule has 0 bridgehead atoms. The summed E-state index contributed by atoms with van der Waals surface area (Å²) < 4.78 is 39.6. The molecule has 2 rings (SSSR count). The lowest BCUT2D eigenvalue weighted by molar-refractivity contribution is -0.149. The number of carbonyl (C=O) groups is 1. The van der Waals surface area contributed by atoms with E-state index < -0.39 is 24.7 Å². The maximum absolute atomic E-state index is 13.2. The number of benzene rings is 1. The molecule has 0 aromatic heterocycles. The van der Waals surface area contributed by atoms with Crippen LogP contribution in [-0.2, 0) is 0 Å². The van der Waals surface area contributed by atoms with Crippen LogP contribution in [0, 0.1) is 0 Å². The summed E-state index contributed by atoms with van der Waals surface area (Å²) in [6, 6.07) is 7.25. The van der Waals surface area contributed by atoms with Gasteiger partial charge < -0.3 is 21.3 Å². The van der Waals surface area contributed by atoms with E-state index in [1.165, 1.54) is 12.1 Å². The fourth-order valence-electron chi connectivity index (χ4n) is 2.87. The van der Waals surface area contributed by atoms with Gasteiger partial charge in [-0.2, -0.15) is 13.2 Å². The standard InChI is InChI=1S/C17H25F3N4O/c18-17(19,20)15(13-4-2-1-3-5-13)12-23-16(25)22-8-11-24-9-6-14(21)7-10-24/h1-5,14-15H,6-12,21H2,(H2,22,23,25). The summed E-state index contributed by atoms with van der Waals surface area (Å²) in [4.78, 5) is 14.0. The van der Waals surface area contributed by atoms with Gasteiger partial charge in [0.05, 0.1) is 5.92 Å². The molecule has 2 amide bonds. The Morgan fingerprint density at radius 3 is 2.44 bits per heavy atom. The number of nitrogens with zero attached hydrogens (tertiary/aromatic N) is 1. The lowest BCUT2D eigenvalue weighted by Gasteiger charge is -2.30. The monoisotopic (exact) mass is 358 g/mol. The van der Waals surface area contributed by atoms with Crippen molar-refractivity contribution in [2.24, 2.45) is 5.73 Å². The Hall–Kier alpha value is -1.80. The number of piperidine rings is 1. The molecular formula is C17H25F3N4O. The third-order valence-electron chi connectivity index (χ3n) is 4.41. The predicted octanol–water partition coefficient (Wildman–Crippen LogP) is 2.05. The minimum atomic E-state index is -4.42. The summed E-state index contributed by atoms with van der Waals surface area (Å²) in [5.41, 5.74) is 5.97. The van der Waals surface area contributed by atoms with Crippen molar-refractivity contribution in [3.63, 3.8) is 0 Å². The van der Waals surface area contributed by atoms with Crippen molar-refractivity contribution in [2.75, 3.05) is 32.7 Å². The first-order valence-electron chi connectivity index (χ1n) is 8.47. The summed E-state index contributed by atoms with van der Waals surface area (Å²) in [6.07, 6.45) is -2.56. The molecule has 1 aliphatic rings. The van der Waals surface area contributed by atoms with E-state index in [4.69, 9.17) is 5.73 Å². The number of amides is 2. The topological polar surface area (TPSA) is 70.4 Å². The van der Waals surface area contributed by atoms with Crippen LogP contribution >= 0.6 is 0 Å². The van der Waals surface area contributed by atoms with E-state index in [9.17, 15) is 18.0 Å².